The molecule has 1 fully saturated rings. The quantitative estimate of drug-likeness (QED) is 0.662. The number of likely N-dealkylation sites (tertiary alicyclic amines) is 1. The number of carboxylic acid groups (broad SMARTS) is 1. The van der Waals surface area contributed by atoms with Gasteiger partial charge in [-0.15, -0.1) is 0 Å². The van der Waals surface area contributed by atoms with Crippen LogP contribution in [0, 0.1) is 0 Å². The van der Waals surface area contributed by atoms with Crippen molar-refractivity contribution >= 4 is 11.9 Å². The van der Waals surface area contributed by atoms with E-state index in [2.05, 4.69) is 0 Å². The minimum atomic E-state index is -0.991. The van der Waals surface area contributed by atoms with Crippen LogP contribution in [0.25, 0.3) is 0 Å². The fourth-order valence-electron chi connectivity index (χ4n) is 1.70. The lowest BCUT2D eigenvalue weighted by atomic mass is 10.1. The molecule has 0 aromatic rings. The summed E-state index contributed by atoms with van der Waals surface area (Å²) in [5, 5.41) is 18.1. The largest absolute Gasteiger partial charge is 0.480 e. The SMILES string of the molecule is CCC[C@@H](C(=O)O)N1CC(O)CC1=O. The van der Waals surface area contributed by atoms with Crippen LogP contribution in [0.4, 0.5) is 0 Å². The molecule has 2 atom stereocenters. The molecule has 1 aliphatic rings. The van der Waals surface area contributed by atoms with Gasteiger partial charge in [-0.25, -0.2) is 4.79 Å². The minimum absolute atomic E-state index is 0.0491. The molecule has 1 rings (SSSR count). The van der Waals surface area contributed by atoms with Gasteiger partial charge in [-0.3, -0.25) is 4.79 Å². The number of β-amino-alcohol motifs (C(OH)–C–C–N with tert-alkyl or cyclic N) is 1. The van der Waals surface area contributed by atoms with Crippen molar-refractivity contribution in [2.45, 2.75) is 38.3 Å². The van der Waals surface area contributed by atoms with E-state index in [-0.39, 0.29) is 18.9 Å². The van der Waals surface area contributed by atoms with Crippen molar-refractivity contribution < 1.29 is 19.8 Å². The Hall–Kier alpha value is -1.10. The molecule has 0 aliphatic carbocycles. The molecule has 80 valence electrons. The standard InChI is InChI=1S/C9H15NO4/c1-2-3-7(9(13)14)10-5-6(11)4-8(10)12/h6-7,11H,2-5H2,1H3,(H,13,14)/t6?,7-/m0/s1. The Morgan fingerprint density at radius 3 is 2.71 bits per heavy atom. The predicted molar refractivity (Wildman–Crippen MR) is 48.7 cm³/mol. The minimum Gasteiger partial charge on any atom is -0.480 e. The first-order valence-electron chi connectivity index (χ1n) is 4.76. The van der Waals surface area contributed by atoms with E-state index in [9.17, 15) is 14.7 Å². The second-order valence-corrected chi connectivity index (χ2v) is 3.55. The number of hydrogen-bond donors (Lipinski definition) is 2. The number of amides is 1. The van der Waals surface area contributed by atoms with Gasteiger partial charge in [0.2, 0.25) is 5.91 Å². The van der Waals surface area contributed by atoms with Gasteiger partial charge in [0.25, 0.3) is 0 Å². The van der Waals surface area contributed by atoms with Crippen LogP contribution >= 0.6 is 0 Å². The van der Waals surface area contributed by atoms with Gasteiger partial charge < -0.3 is 15.1 Å². The number of hydrogen-bond acceptors (Lipinski definition) is 3. The maximum absolute atomic E-state index is 11.3. The molecule has 5 nitrogen and oxygen atoms in total. The summed E-state index contributed by atoms with van der Waals surface area (Å²) in [7, 11) is 0. The second kappa shape index (κ2) is 4.41. The van der Waals surface area contributed by atoms with Gasteiger partial charge in [0, 0.05) is 6.54 Å². The zero-order valence-electron chi connectivity index (χ0n) is 8.14. The number of carboxylic acids is 1. The number of carbonyl (C=O) groups is 2. The molecular weight excluding hydrogens is 186 g/mol. The topological polar surface area (TPSA) is 77.8 Å². The summed E-state index contributed by atoms with van der Waals surface area (Å²) < 4.78 is 0. The van der Waals surface area contributed by atoms with Crippen molar-refractivity contribution in [1.82, 2.24) is 4.90 Å². The average molecular weight is 201 g/mol. The molecule has 1 saturated heterocycles. The summed E-state index contributed by atoms with van der Waals surface area (Å²) in [5.74, 6) is -1.26. The molecule has 0 aromatic heterocycles. The molecule has 0 bridgehead atoms. The van der Waals surface area contributed by atoms with Crippen LogP contribution in [0.1, 0.15) is 26.2 Å². The van der Waals surface area contributed by atoms with Crippen LogP contribution in [0.5, 0.6) is 0 Å². The van der Waals surface area contributed by atoms with Gasteiger partial charge in [-0.1, -0.05) is 13.3 Å². The van der Waals surface area contributed by atoms with Gasteiger partial charge in [-0.2, -0.15) is 0 Å². The molecule has 1 amide bonds. The van der Waals surface area contributed by atoms with Crippen LogP contribution in [-0.4, -0.2) is 45.7 Å². The lowest BCUT2D eigenvalue weighted by Gasteiger charge is -2.23. The van der Waals surface area contributed by atoms with Crippen molar-refractivity contribution in [1.29, 1.82) is 0 Å². The van der Waals surface area contributed by atoms with Crippen molar-refractivity contribution in [3.05, 3.63) is 0 Å². The van der Waals surface area contributed by atoms with Crippen LogP contribution in [0.3, 0.4) is 0 Å². The normalized spacial score (nSPS) is 24.0. The number of rotatable bonds is 4. The highest BCUT2D eigenvalue weighted by Crippen LogP contribution is 2.17. The molecule has 2 N–H and O–H groups in total. The van der Waals surface area contributed by atoms with Crippen LogP contribution in [-0.2, 0) is 9.59 Å². The summed E-state index contributed by atoms with van der Waals surface area (Å²) in [4.78, 5) is 23.4. The molecule has 1 unspecified atom stereocenters. The third-order valence-electron chi connectivity index (χ3n) is 2.36. The van der Waals surface area contributed by atoms with E-state index in [1.54, 1.807) is 0 Å². The van der Waals surface area contributed by atoms with Gasteiger partial charge in [-0.05, 0) is 6.42 Å². The van der Waals surface area contributed by atoms with E-state index in [1.807, 2.05) is 6.92 Å². The van der Waals surface area contributed by atoms with Gasteiger partial charge in [0.05, 0.1) is 12.5 Å². The number of aliphatic hydroxyl groups is 1. The van der Waals surface area contributed by atoms with E-state index in [4.69, 9.17) is 5.11 Å². The highest BCUT2D eigenvalue weighted by atomic mass is 16.4. The van der Waals surface area contributed by atoms with E-state index in [0.717, 1.165) is 0 Å². The smallest absolute Gasteiger partial charge is 0.326 e. The first kappa shape index (κ1) is 11.0. The van der Waals surface area contributed by atoms with Crippen molar-refractivity contribution in [2.75, 3.05) is 6.54 Å². The predicted octanol–water partition coefficient (Wildman–Crippen LogP) is -0.167. The van der Waals surface area contributed by atoms with Crippen molar-refractivity contribution in [2.24, 2.45) is 0 Å². The Labute approximate surface area is 82.3 Å². The van der Waals surface area contributed by atoms with E-state index in [0.29, 0.717) is 12.8 Å². The van der Waals surface area contributed by atoms with Gasteiger partial charge in [0.15, 0.2) is 0 Å². The van der Waals surface area contributed by atoms with E-state index >= 15 is 0 Å². The first-order chi connectivity index (χ1) is 6.56. The average Bonchev–Trinajstić information content (AvgIpc) is 2.40. The monoisotopic (exact) mass is 201 g/mol. The van der Waals surface area contributed by atoms with Crippen molar-refractivity contribution in [3.63, 3.8) is 0 Å². The summed E-state index contributed by atoms with van der Waals surface area (Å²) in [6.07, 6.45) is 0.485. The van der Waals surface area contributed by atoms with Gasteiger partial charge in [0.1, 0.15) is 6.04 Å². The number of carbonyl (C=O) groups excluding carboxylic acids is 1. The van der Waals surface area contributed by atoms with E-state index < -0.39 is 18.1 Å². The molecule has 5 heteroatoms. The van der Waals surface area contributed by atoms with Crippen LogP contribution in [0.15, 0.2) is 0 Å². The van der Waals surface area contributed by atoms with Crippen LogP contribution < -0.4 is 0 Å². The fraction of sp³-hybridized carbons (Fsp3) is 0.778. The number of nitrogens with zero attached hydrogens (tertiary/aromatic N) is 1. The zero-order chi connectivity index (χ0) is 10.7. The lowest BCUT2D eigenvalue weighted by Crippen LogP contribution is -2.42. The Bertz CT molecular complexity index is 241. The summed E-state index contributed by atoms with van der Waals surface area (Å²) in [5.41, 5.74) is 0. The molecule has 0 aromatic carbocycles. The Morgan fingerprint density at radius 2 is 2.36 bits per heavy atom. The summed E-state index contributed by atoms with van der Waals surface area (Å²) in [6.45, 7) is 2.02. The third-order valence-corrected chi connectivity index (χ3v) is 2.36. The highest BCUT2D eigenvalue weighted by molar-refractivity contribution is 5.85. The number of aliphatic carboxylic acids is 1. The molecular formula is C9H15NO4. The Morgan fingerprint density at radius 1 is 1.71 bits per heavy atom. The molecule has 1 aliphatic heterocycles. The zero-order valence-corrected chi connectivity index (χ0v) is 8.14. The summed E-state index contributed by atoms with van der Waals surface area (Å²) in [6, 6.07) is -0.773. The first-order valence-corrected chi connectivity index (χ1v) is 4.76. The molecule has 1 heterocycles. The molecule has 0 saturated carbocycles. The lowest BCUT2D eigenvalue weighted by molar-refractivity contribution is -0.148. The molecule has 0 spiro atoms. The van der Waals surface area contributed by atoms with Crippen molar-refractivity contribution in [3.8, 4) is 0 Å². The number of aliphatic hydroxyl groups excluding tert-OH is 1. The molecule has 14 heavy (non-hydrogen) atoms. The summed E-state index contributed by atoms with van der Waals surface area (Å²) >= 11 is 0. The maximum Gasteiger partial charge on any atom is 0.326 e. The Balaban J connectivity index is 2.68. The maximum atomic E-state index is 11.3. The highest BCUT2D eigenvalue weighted by Gasteiger charge is 2.36. The third kappa shape index (κ3) is 2.23. The Kier molecular flexibility index (Phi) is 3.46. The van der Waals surface area contributed by atoms with Gasteiger partial charge >= 0.3 is 5.97 Å². The second-order valence-electron chi connectivity index (χ2n) is 3.55. The van der Waals surface area contributed by atoms with Crippen LogP contribution in [0.2, 0.25) is 0 Å². The molecule has 0 radical (unpaired) electrons. The van der Waals surface area contributed by atoms with E-state index in [1.165, 1.54) is 4.90 Å². The fourth-order valence-corrected chi connectivity index (χ4v) is 1.70.